The van der Waals surface area contributed by atoms with E-state index in [0.29, 0.717) is 18.6 Å². The molecule has 2 rings (SSSR count). The third-order valence-electron chi connectivity index (χ3n) is 2.28. The molecule has 0 spiro atoms. The fourth-order valence-electron chi connectivity index (χ4n) is 1.37. The summed E-state index contributed by atoms with van der Waals surface area (Å²) < 4.78 is 6.42. The molecule has 0 atom stereocenters. The molecule has 0 aliphatic rings. The zero-order chi connectivity index (χ0) is 13.0. The fraction of sp³-hybridized carbons (Fsp3) is 0.364. The van der Waals surface area contributed by atoms with Crippen LogP contribution >= 0.6 is 0 Å². The summed E-state index contributed by atoms with van der Waals surface area (Å²) in [4.78, 5) is 19.6. The number of rotatable bonds is 4. The van der Waals surface area contributed by atoms with Crippen LogP contribution in [0.1, 0.15) is 29.2 Å². The number of aromatic nitrogens is 4. The van der Waals surface area contributed by atoms with Crippen molar-refractivity contribution in [1.29, 1.82) is 5.26 Å². The lowest BCUT2D eigenvalue weighted by Crippen LogP contribution is -2.08. The van der Waals surface area contributed by atoms with Crippen LogP contribution in [0.15, 0.2) is 12.3 Å². The van der Waals surface area contributed by atoms with Gasteiger partial charge in [-0.15, -0.1) is 5.10 Å². The standard InChI is InChI=1S/C11H11N5O2/c1-8-4-6-13-11-14-9(15-16(8)11)10(17)18-7-3-2-5-12/h4,6H,2-3,7H2,1H3. The van der Waals surface area contributed by atoms with Gasteiger partial charge >= 0.3 is 5.97 Å². The number of esters is 1. The number of nitriles is 1. The van der Waals surface area contributed by atoms with E-state index in [-0.39, 0.29) is 12.4 Å². The van der Waals surface area contributed by atoms with E-state index in [0.717, 1.165) is 5.69 Å². The number of hydrogen-bond donors (Lipinski definition) is 0. The molecular formula is C11H11N5O2. The minimum absolute atomic E-state index is 0.0197. The number of carbonyl (C=O) groups is 1. The normalized spacial score (nSPS) is 10.2. The van der Waals surface area contributed by atoms with Crippen molar-refractivity contribution >= 4 is 11.7 Å². The van der Waals surface area contributed by atoms with Gasteiger partial charge in [-0.25, -0.2) is 14.3 Å². The van der Waals surface area contributed by atoms with Crippen molar-refractivity contribution in [2.45, 2.75) is 19.8 Å². The Morgan fingerprint density at radius 3 is 3.17 bits per heavy atom. The third-order valence-corrected chi connectivity index (χ3v) is 2.28. The fourth-order valence-corrected chi connectivity index (χ4v) is 1.37. The van der Waals surface area contributed by atoms with Gasteiger partial charge in [0.05, 0.1) is 12.7 Å². The second-order valence-electron chi connectivity index (χ2n) is 3.63. The first-order valence-electron chi connectivity index (χ1n) is 5.45. The first-order valence-corrected chi connectivity index (χ1v) is 5.45. The number of hydrogen-bond acceptors (Lipinski definition) is 6. The maximum Gasteiger partial charge on any atom is 0.378 e. The first kappa shape index (κ1) is 12.0. The zero-order valence-electron chi connectivity index (χ0n) is 9.83. The van der Waals surface area contributed by atoms with E-state index in [1.165, 1.54) is 4.52 Å². The lowest BCUT2D eigenvalue weighted by atomic mass is 10.3. The molecule has 0 radical (unpaired) electrons. The minimum Gasteiger partial charge on any atom is -0.460 e. The Morgan fingerprint density at radius 1 is 1.61 bits per heavy atom. The Hall–Kier alpha value is -2.49. The summed E-state index contributed by atoms with van der Waals surface area (Å²) in [5.74, 6) is -0.259. The van der Waals surface area contributed by atoms with Crippen LogP contribution in [0.4, 0.5) is 0 Å². The van der Waals surface area contributed by atoms with Crippen molar-refractivity contribution in [3.63, 3.8) is 0 Å². The van der Waals surface area contributed by atoms with Crippen LogP contribution in [-0.2, 0) is 4.74 Å². The van der Waals surface area contributed by atoms with E-state index in [1.807, 2.05) is 13.0 Å². The van der Waals surface area contributed by atoms with Gasteiger partial charge in [-0.2, -0.15) is 10.2 Å². The molecule has 2 heterocycles. The Bertz CT molecular complexity index is 613. The summed E-state index contributed by atoms with van der Waals surface area (Å²) in [6.45, 7) is 2.03. The van der Waals surface area contributed by atoms with Crippen molar-refractivity contribution in [2.24, 2.45) is 0 Å². The molecule has 2 aromatic rings. The summed E-state index contributed by atoms with van der Waals surface area (Å²) in [6, 6.07) is 3.74. The van der Waals surface area contributed by atoms with Gasteiger partial charge in [-0.3, -0.25) is 0 Å². The Balaban J connectivity index is 2.09. The highest BCUT2D eigenvalue weighted by Crippen LogP contribution is 2.03. The smallest absolute Gasteiger partial charge is 0.378 e. The monoisotopic (exact) mass is 245 g/mol. The third kappa shape index (κ3) is 2.43. The summed E-state index contributed by atoms with van der Waals surface area (Å²) in [7, 11) is 0. The van der Waals surface area contributed by atoms with Gasteiger partial charge in [-0.05, 0) is 19.4 Å². The lowest BCUT2D eigenvalue weighted by molar-refractivity contribution is 0.0487. The molecule has 0 aliphatic carbocycles. The molecule has 0 unspecified atom stereocenters. The number of carbonyl (C=O) groups excluding carboxylic acids is 1. The Morgan fingerprint density at radius 2 is 2.44 bits per heavy atom. The van der Waals surface area contributed by atoms with Crippen LogP contribution in [0.5, 0.6) is 0 Å². The second-order valence-corrected chi connectivity index (χ2v) is 3.63. The Kier molecular flexibility index (Phi) is 3.48. The number of unbranched alkanes of at least 4 members (excludes halogenated alkanes) is 1. The molecule has 7 heteroatoms. The summed E-state index contributed by atoms with van der Waals surface area (Å²) in [5, 5.41) is 12.4. The zero-order valence-corrected chi connectivity index (χ0v) is 9.83. The molecule has 18 heavy (non-hydrogen) atoms. The molecular weight excluding hydrogens is 234 g/mol. The number of fused-ring (bicyclic) bond motifs is 1. The SMILES string of the molecule is Cc1ccnc2nc(C(=O)OCCCC#N)nn12. The molecule has 0 fully saturated rings. The quantitative estimate of drug-likeness (QED) is 0.586. The van der Waals surface area contributed by atoms with Crippen LogP contribution in [0, 0.1) is 18.3 Å². The van der Waals surface area contributed by atoms with Gasteiger partial charge in [0, 0.05) is 18.3 Å². The summed E-state index contributed by atoms with van der Waals surface area (Å²) in [5.41, 5.74) is 0.830. The molecule has 0 N–H and O–H groups in total. The maximum absolute atomic E-state index is 11.6. The molecule has 0 aliphatic heterocycles. The maximum atomic E-state index is 11.6. The predicted molar refractivity (Wildman–Crippen MR) is 60.6 cm³/mol. The minimum atomic E-state index is -0.599. The number of nitrogens with zero attached hydrogens (tertiary/aromatic N) is 5. The van der Waals surface area contributed by atoms with E-state index in [2.05, 4.69) is 15.1 Å². The van der Waals surface area contributed by atoms with E-state index < -0.39 is 5.97 Å². The van der Waals surface area contributed by atoms with Crippen LogP contribution in [0.2, 0.25) is 0 Å². The van der Waals surface area contributed by atoms with Gasteiger partial charge in [0.1, 0.15) is 0 Å². The molecule has 0 amide bonds. The first-order chi connectivity index (χ1) is 8.72. The Labute approximate surface area is 103 Å². The summed E-state index contributed by atoms with van der Waals surface area (Å²) >= 11 is 0. The molecule has 0 aromatic carbocycles. The van der Waals surface area contributed by atoms with E-state index in [1.54, 1.807) is 12.3 Å². The highest BCUT2D eigenvalue weighted by molar-refractivity contribution is 5.85. The van der Waals surface area contributed by atoms with Crippen LogP contribution < -0.4 is 0 Å². The van der Waals surface area contributed by atoms with E-state index >= 15 is 0 Å². The molecule has 2 aromatic heterocycles. The van der Waals surface area contributed by atoms with E-state index in [9.17, 15) is 4.79 Å². The average Bonchev–Trinajstić information content (AvgIpc) is 2.80. The van der Waals surface area contributed by atoms with Crippen molar-refractivity contribution in [1.82, 2.24) is 19.6 Å². The number of ether oxygens (including phenoxy) is 1. The van der Waals surface area contributed by atoms with Crippen LogP contribution in [0.3, 0.4) is 0 Å². The van der Waals surface area contributed by atoms with Gasteiger partial charge in [0.2, 0.25) is 0 Å². The van der Waals surface area contributed by atoms with Crippen molar-refractivity contribution in [2.75, 3.05) is 6.61 Å². The topological polar surface area (TPSA) is 93.2 Å². The molecule has 92 valence electrons. The van der Waals surface area contributed by atoms with Crippen LogP contribution in [0.25, 0.3) is 5.78 Å². The summed E-state index contributed by atoms with van der Waals surface area (Å²) in [6.07, 6.45) is 2.46. The molecule has 0 saturated carbocycles. The van der Waals surface area contributed by atoms with E-state index in [4.69, 9.17) is 10.00 Å². The van der Waals surface area contributed by atoms with Crippen LogP contribution in [-0.4, -0.2) is 32.2 Å². The number of aryl methyl sites for hydroxylation is 1. The molecule has 0 bridgehead atoms. The van der Waals surface area contributed by atoms with Crippen molar-refractivity contribution < 1.29 is 9.53 Å². The largest absolute Gasteiger partial charge is 0.460 e. The van der Waals surface area contributed by atoms with Gasteiger partial charge in [0.25, 0.3) is 11.6 Å². The average molecular weight is 245 g/mol. The second kappa shape index (κ2) is 5.23. The molecule has 7 nitrogen and oxygen atoms in total. The lowest BCUT2D eigenvalue weighted by Gasteiger charge is -1.98. The highest BCUT2D eigenvalue weighted by Gasteiger charge is 2.15. The van der Waals surface area contributed by atoms with Crippen molar-refractivity contribution in [3.05, 3.63) is 23.8 Å². The highest BCUT2D eigenvalue weighted by atomic mass is 16.5. The van der Waals surface area contributed by atoms with Gasteiger partial charge in [0.15, 0.2) is 0 Å². The molecule has 0 saturated heterocycles. The van der Waals surface area contributed by atoms with Gasteiger partial charge < -0.3 is 4.74 Å². The van der Waals surface area contributed by atoms with Crippen molar-refractivity contribution in [3.8, 4) is 6.07 Å². The van der Waals surface area contributed by atoms with Gasteiger partial charge in [-0.1, -0.05) is 0 Å². The predicted octanol–water partition coefficient (Wildman–Crippen LogP) is 0.893.